The lowest BCUT2D eigenvalue weighted by Gasteiger charge is -2.17. The van der Waals surface area contributed by atoms with Gasteiger partial charge in [-0.05, 0) is 92.6 Å². The summed E-state index contributed by atoms with van der Waals surface area (Å²) in [5.41, 5.74) is 2.75. The number of methoxy groups -OCH3 is 1. The van der Waals surface area contributed by atoms with Crippen LogP contribution in [-0.2, 0) is 25.8 Å². The first kappa shape index (κ1) is 27.1. The van der Waals surface area contributed by atoms with Crippen LogP contribution in [0.5, 0.6) is 5.75 Å². The number of ether oxygens (including phenoxy) is 2. The maximum absolute atomic E-state index is 13.5. The molecular formula is C26H32FNO5S2. The van der Waals surface area contributed by atoms with Gasteiger partial charge in [0.05, 0.1) is 12.9 Å². The van der Waals surface area contributed by atoms with Gasteiger partial charge < -0.3 is 14.8 Å². The predicted octanol–water partition coefficient (Wildman–Crippen LogP) is 4.98. The van der Waals surface area contributed by atoms with E-state index in [0.717, 1.165) is 21.6 Å². The van der Waals surface area contributed by atoms with E-state index < -0.39 is 9.84 Å². The number of aryl methyl sites for hydroxylation is 3. The molecule has 2 aromatic carbocycles. The molecule has 0 aliphatic carbocycles. The Morgan fingerprint density at radius 1 is 1.17 bits per heavy atom. The molecule has 3 aromatic rings. The van der Waals surface area contributed by atoms with Gasteiger partial charge in [0.1, 0.15) is 21.9 Å². The van der Waals surface area contributed by atoms with Crippen molar-refractivity contribution in [2.45, 2.75) is 50.3 Å². The first-order chi connectivity index (χ1) is 16.6. The average Bonchev–Trinajstić information content (AvgIpc) is 3.14. The Morgan fingerprint density at radius 2 is 1.94 bits per heavy atom. The largest absolute Gasteiger partial charge is 0.489 e. The van der Waals surface area contributed by atoms with Gasteiger partial charge in [-0.15, -0.1) is 11.3 Å². The van der Waals surface area contributed by atoms with Crippen LogP contribution in [0.4, 0.5) is 4.39 Å². The number of carbonyl (C=O) groups is 1. The fourth-order valence-electron chi connectivity index (χ4n) is 3.89. The second kappa shape index (κ2) is 12.0. The summed E-state index contributed by atoms with van der Waals surface area (Å²) in [7, 11) is -2.05. The third-order valence-electron chi connectivity index (χ3n) is 5.81. The molecule has 0 aliphatic heterocycles. The van der Waals surface area contributed by atoms with E-state index in [2.05, 4.69) is 10.1 Å². The van der Waals surface area contributed by atoms with Crippen molar-refractivity contribution in [3.8, 4) is 5.75 Å². The number of halogens is 1. The topological polar surface area (TPSA) is 81.7 Å². The highest BCUT2D eigenvalue weighted by atomic mass is 32.2. The summed E-state index contributed by atoms with van der Waals surface area (Å²) < 4.78 is 51.0. The van der Waals surface area contributed by atoms with Gasteiger partial charge >= 0.3 is 5.97 Å². The molecule has 1 N–H and O–H groups in total. The SMILES string of the molecule is COC(=O)CCc1ccc(OC(C)CNCCCS(=O)(=O)c2sc3ccc(F)cc3c2C)cc1C. The van der Waals surface area contributed by atoms with Gasteiger partial charge in [-0.1, -0.05) is 6.07 Å². The standard InChI is InChI=1S/C26H32FNO5S2/c1-17-14-22(9-6-20(17)7-11-25(29)32-4)33-18(2)16-28-12-5-13-35(30,31)26-19(3)23-15-21(27)8-10-24(23)34-26/h6,8-10,14-15,18,28H,5,7,11-13,16H2,1-4H3. The van der Waals surface area contributed by atoms with Crippen LogP contribution in [-0.4, -0.2) is 46.4 Å². The molecular weight excluding hydrogens is 489 g/mol. The molecule has 0 fully saturated rings. The van der Waals surface area contributed by atoms with Gasteiger partial charge in [-0.2, -0.15) is 0 Å². The van der Waals surface area contributed by atoms with Gasteiger partial charge in [0.2, 0.25) is 0 Å². The number of esters is 1. The summed E-state index contributed by atoms with van der Waals surface area (Å²) in [5.74, 6) is 0.175. The number of hydrogen-bond acceptors (Lipinski definition) is 7. The molecule has 1 unspecified atom stereocenters. The van der Waals surface area contributed by atoms with Crippen molar-refractivity contribution in [3.63, 3.8) is 0 Å². The Balaban J connectivity index is 1.44. The first-order valence-corrected chi connectivity index (χ1v) is 14.0. The number of benzene rings is 2. The van der Waals surface area contributed by atoms with Crippen LogP contribution in [0.3, 0.4) is 0 Å². The van der Waals surface area contributed by atoms with Gasteiger partial charge in [0.25, 0.3) is 0 Å². The Morgan fingerprint density at radius 3 is 2.66 bits per heavy atom. The Bertz CT molecular complexity index is 1290. The van der Waals surface area contributed by atoms with Crippen molar-refractivity contribution in [3.05, 3.63) is 58.9 Å². The molecule has 0 spiro atoms. The Kier molecular flexibility index (Phi) is 9.27. The van der Waals surface area contributed by atoms with Crippen molar-refractivity contribution in [1.82, 2.24) is 5.32 Å². The molecule has 0 radical (unpaired) electrons. The van der Waals surface area contributed by atoms with Crippen molar-refractivity contribution >= 4 is 37.2 Å². The van der Waals surface area contributed by atoms with Crippen LogP contribution in [0.2, 0.25) is 0 Å². The minimum atomic E-state index is -3.44. The van der Waals surface area contributed by atoms with Gasteiger partial charge in [-0.3, -0.25) is 4.79 Å². The summed E-state index contributed by atoms with van der Waals surface area (Å²) in [6.45, 7) is 6.78. The molecule has 1 heterocycles. The molecule has 0 aliphatic rings. The maximum Gasteiger partial charge on any atom is 0.305 e. The summed E-state index contributed by atoms with van der Waals surface area (Å²) in [5, 5.41) is 3.91. The molecule has 190 valence electrons. The molecule has 0 bridgehead atoms. The first-order valence-electron chi connectivity index (χ1n) is 11.6. The van der Waals surface area contributed by atoms with Crippen molar-refractivity contribution in [1.29, 1.82) is 0 Å². The molecule has 9 heteroatoms. The Labute approximate surface area is 210 Å². The average molecular weight is 522 g/mol. The predicted molar refractivity (Wildman–Crippen MR) is 138 cm³/mol. The maximum atomic E-state index is 13.5. The lowest BCUT2D eigenvalue weighted by atomic mass is 10.0. The van der Waals surface area contributed by atoms with E-state index in [1.54, 1.807) is 13.0 Å². The lowest BCUT2D eigenvalue weighted by molar-refractivity contribution is -0.140. The minimum absolute atomic E-state index is 0.0254. The highest BCUT2D eigenvalue weighted by Gasteiger charge is 2.21. The lowest BCUT2D eigenvalue weighted by Crippen LogP contribution is -2.30. The minimum Gasteiger partial charge on any atom is -0.489 e. The van der Waals surface area contributed by atoms with Crippen molar-refractivity contribution < 1.29 is 27.1 Å². The van der Waals surface area contributed by atoms with Crippen LogP contribution < -0.4 is 10.1 Å². The molecule has 0 amide bonds. The summed E-state index contributed by atoms with van der Waals surface area (Å²) in [4.78, 5) is 11.3. The number of sulfone groups is 1. The number of thiophene rings is 1. The molecule has 1 atom stereocenters. The third-order valence-corrected chi connectivity index (χ3v) is 9.59. The van der Waals surface area contributed by atoms with Gasteiger partial charge in [-0.25, -0.2) is 12.8 Å². The number of fused-ring (bicyclic) bond motifs is 1. The van der Waals surface area contributed by atoms with Crippen LogP contribution in [0, 0.1) is 19.7 Å². The monoisotopic (exact) mass is 521 g/mol. The van der Waals surface area contributed by atoms with E-state index in [1.807, 2.05) is 32.0 Å². The fourth-order valence-corrected chi connectivity index (χ4v) is 7.12. The second-order valence-electron chi connectivity index (χ2n) is 8.62. The molecule has 35 heavy (non-hydrogen) atoms. The normalized spacial score (nSPS) is 12.6. The quantitative estimate of drug-likeness (QED) is 0.267. The van der Waals surface area contributed by atoms with E-state index in [1.165, 1.54) is 30.6 Å². The Hall–Kier alpha value is -2.49. The number of rotatable bonds is 12. The summed E-state index contributed by atoms with van der Waals surface area (Å²) >= 11 is 1.20. The zero-order valence-corrected chi connectivity index (χ0v) is 22.2. The van der Waals surface area contributed by atoms with E-state index >= 15 is 0 Å². The van der Waals surface area contributed by atoms with Crippen molar-refractivity contribution in [2.24, 2.45) is 0 Å². The van der Waals surface area contributed by atoms with Gasteiger partial charge in [0, 0.05) is 17.7 Å². The zero-order chi connectivity index (χ0) is 25.6. The van der Waals surface area contributed by atoms with Crippen LogP contribution in [0.15, 0.2) is 40.6 Å². The van der Waals surface area contributed by atoms with Crippen LogP contribution >= 0.6 is 11.3 Å². The molecule has 1 aromatic heterocycles. The van der Waals surface area contributed by atoms with E-state index in [4.69, 9.17) is 4.74 Å². The van der Waals surface area contributed by atoms with E-state index in [9.17, 15) is 17.6 Å². The summed E-state index contributed by atoms with van der Waals surface area (Å²) in [6.07, 6.45) is 1.32. The van der Waals surface area contributed by atoms with Crippen molar-refractivity contribution in [2.75, 3.05) is 26.0 Å². The smallest absolute Gasteiger partial charge is 0.305 e. The van der Waals surface area contributed by atoms with E-state index in [-0.39, 0.29) is 23.6 Å². The third kappa shape index (κ3) is 7.25. The highest BCUT2D eigenvalue weighted by molar-refractivity contribution is 7.93. The van der Waals surface area contributed by atoms with Crippen LogP contribution in [0.1, 0.15) is 36.5 Å². The number of carbonyl (C=O) groups excluding carboxylic acids is 1. The fraction of sp³-hybridized carbons (Fsp3) is 0.423. The van der Waals surface area contributed by atoms with Crippen LogP contribution in [0.25, 0.3) is 10.1 Å². The number of nitrogens with one attached hydrogen (secondary N) is 1. The van der Waals surface area contributed by atoms with E-state index in [0.29, 0.717) is 47.5 Å². The molecule has 0 saturated heterocycles. The number of hydrogen-bond donors (Lipinski definition) is 1. The van der Waals surface area contributed by atoms with Gasteiger partial charge in [0.15, 0.2) is 9.84 Å². The zero-order valence-electron chi connectivity index (χ0n) is 20.5. The molecule has 0 saturated carbocycles. The second-order valence-corrected chi connectivity index (χ2v) is 12.0. The molecule has 6 nitrogen and oxygen atoms in total. The molecule has 3 rings (SSSR count). The summed E-state index contributed by atoms with van der Waals surface area (Å²) in [6, 6.07) is 10.2. The highest BCUT2D eigenvalue weighted by Crippen LogP contribution is 2.35.